The average molecular weight is 682 g/mol. The second-order valence-corrected chi connectivity index (χ2v) is 14.9. The number of carbonyl (C=O) groups is 1. The number of pyridine rings is 1. The van der Waals surface area contributed by atoms with Gasteiger partial charge in [-0.1, -0.05) is 71.7 Å². The number of aromatic nitrogens is 1. The Balaban J connectivity index is 1.48. The number of morpholine rings is 1. The maximum atomic E-state index is 14.5. The van der Waals surface area contributed by atoms with E-state index in [2.05, 4.69) is 15.1 Å². The van der Waals surface area contributed by atoms with Crippen LogP contribution in [0.3, 0.4) is 0 Å². The Bertz CT molecular complexity index is 1840. The number of ether oxygens (including phenoxy) is 1. The van der Waals surface area contributed by atoms with E-state index in [0.717, 1.165) is 69.6 Å². The Labute approximate surface area is 280 Å². The summed E-state index contributed by atoms with van der Waals surface area (Å²) in [6, 6.07) is 20.2. The molecule has 0 radical (unpaired) electrons. The number of benzene rings is 3. The number of hydrogen-bond donors (Lipinski definition) is 1. The van der Waals surface area contributed by atoms with E-state index in [-0.39, 0.29) is 22.4 Å². The summed E-state index contributed by atoms with van der Waals surface area (Å²) in [5.74, 6) is -0.297. The monoisotopic (exact) mass is 680 g/mol. The molecule has 0 unspecified atom stereocenters. The third-order valence-corrected chi connectivity index (χ3v) is 10.9. The summed E-state index contributed by atoms with van der Waals surface area (Å²) >= 11 is 12.8. The molecular weight excluding hydrogens is 643 g/mol. The van der Waals surface area contributed by atoms with Gasteiger partial charge in [0.1, 0.15) is 0 Å². The van der Waals surface area contributed by atoms with Crippen LogP contribution in [0.4, 0.5) is 0 Å². The first kappa shape index (κ1) is 32.9. The first-order valence-corrected chi connectivity index (χ1v) is 18.3. The number of rotatable bonds is 8. The molecule has 1 N–H and O–H groups in total. The van der Waals surface area contributed by atoms with Crippen molar-refractivity contribution >= 4 is 49.8 Å². The molecule has 8 nitrogen and oxygen atoms in total. The first-order valence-electron chi connectivity index (χ1n) is 15.6. The number of nitrogens with zero attached hydrogens (tertiary/aromatic N) is 3. The second-order valence-electron chi connectivity index (χ2n) is 12.1. The van der Waals surface area contributed by atoms with Crippen LogP contribution in [-0.4, -0.2) is 80.8 Å². The van der Waals surface area contributed by atoms with Crippen LogP contribution < -0.4 is 5.32 Å². The minimum Gasteiger partial charge on any atom is -0.379 e. The quantitative estimate of drug-likeness (QED) is 0.230. The van der Waals surface area contributed by atoms with Crippen molar-refractivity contribution in [3.05, 3.63) is 93.5 Å². The lowest BCUT2D eigenvalue weighted by Crippen LogP contribution is -2.48. The van der Waals surface area contributed by atoms with Crippen molar-refractivity contribution in [3.63, 3.8) is 0 Å². The molecule has 0 spiro atoms. The van der Waals surface area contributed by atoms with Gasteiger partial charge in [-0.3, -0.25) is 14.6 Å². The predicted octanol–water partition coefficient (Wildman–Crippen LogP) is 6.40. The Hall–Kier alpha value is -3.05. The van der Waals surface area contributed by atoms with Gasteiger partial charge in [0.25, 0.3) is 5.91 Å². The van der Waals surface area contributed by atoms with E-state index >= 15 is 0 Å². The first-order chi connectivity index (χ1) is 22.1. The molecule has 2 saturated heterocycles. The third-order valence-electron chi connectivity index (χ3n) is 9.05. The molecule has 3 heterocycles. The smallest absolute Gasteiger partial charge is 0.252 e. The number of hydrogen-bond acceptors (Lipinski definition) is 7. The lowest BCUT2D eigenvalue weighted by Gasteiger charge is -2.40. The summed E-state index contributed by atoms with van der Waals surface area (Å²) in [7, 11) is -3.67. The number of para-hydroxylation sites is 1. The zero-order chi connectivity index (χ0) is 32.4. The number of likely N-dealkylation sites (tertiary alicyclic amines) is 1. The lowest BCUT2D eigenvalue weighted by atomic mass is 9.94. The molecule has 2 fully saturated rings. The van der Waals surface area contributed by atoms with E-state index in [9.17, 15) is 13.2 Å². The standard InChI is InChI=1S/C35H38Cl2N4O4S/c1-23(24-7-4-3-5-8-24)38-35(42)32-27-9-6-10-31(46(2,43)44)34(27)39-33(25-11-12-29(36)30(37)21-25)28(32)22-40-15-13-26(14-16-40)41-17-19-45-20-18-41/h3-12,21,23,26H,13-20,22H2,1-2H3,(H,38,42)/t23-/m0/s1. The van der Waals surface area contributed by atoms with Gasteiger partial charge < -0.3 is 10.1 Å². The Kier molecular flexibility index (Phi) is 9.99. The number of fused-ring (bicyclic) bond motifs is 1. The van der Waals surface area contributed by atoms with Crippen molar-refractivity contribution in [2.45, 2.75) is 43.3 Å². The van der Waals surface area contributed by atoms with Gasteiger partial charge >= 0.3 is 0 Å². The molecule has 242 valence electrons. The Morgan fingerprint density at radius 3 is 2.37 bits per heavy atom. The average Bonchev–Trinajstić information content (AvgIpc) is 3.06. The minimum absolute atomic E-state index is 0.0642. The van der Waals surface area contributed by atoms with Crippen molar-refractivity contribution in [2.75, 3.05) is 45.6 Å². The molecule has 6 rings (SSSR count). The number of halogens is 2. The summed E-state index contributed by atoms with van der Waals surface area (Å²) < 4.78 is 31.6. The maximum Gasteiger partial charge on any atom is 0.252 e. The second kappa shape index (κ2) is 14.0. The van der Waals surface area contributed by atoms with Gasteiger partial charge in [-0.25, -0.2) is 13.4 Å². The number of carbonyl (C=O) groups excluding carboxylic acids is 1. The minimum atomic E-state index is -3.67. The highest BCUT2D eigenvalue weighted by atomic mass is 35.5. The van der Waals surface area contributed by atoms with Crippen molar-refractivity contribution in [1.82, 2.24) is 20.1 Å². The molecule has 2 aliphatic rings. The van der Waals surface area contributed by atoms with E-state index < -0.39 is 9.84 Å². The summed E-state index contributed by atoms with van der Waals surface area (Å²) in [6.45, 7) is 7.54. The van der Waals surface area contributed by atoms with Crippen LogP contribution in [0.5, 0.6) is 0 Å². The third kappa shape index (κ3) is 7.10. The maximum absolute atomic E-state index is 14.5. The fourth-order valence-electron chi connectivity index (χ4n) is 6.60. The molecule has 0 aliphatic carbocycles. The predicted molar refractivity (Wildman–Crippen MR) is 183 cm³/mol. The van der Waals surface area contributed by atoms with E-state index in [4.69, 9.17) is 32.9 Å². The number of amides is 1. The fourth-order valence-corrected chi connectivity index (χ4v) is 7.73. The highest BCUT2D eigenvalue weighted by Gasteiger charge is 2.30. The van der Waals surface area contributed by atoms with Crippen LogP contribution in [-0.2, 0) is 21.1 Å². The molecule has 2 aliphatic heterocycles. The Morgan fingerprint density at radius 1 is 0.978 bits per heavy atom. The summed E-state index contributed by atoms with van der Waals surface area (Å²) in [5, 5.41) is 4.42. The molecule has 0 saturated carbocycles. The van der Waals surface area contributed by atoms with Gasteiger partial charge in [0.05, 0.1) is 51.0 Å². The van der Waals surface area contributed by atoms with Gasteiger partial charge in [-0.05, 0) is 56.6 Å². The summed E-state index contributed by atoms with van der Waals surface area (Å²) in [5.41, 5.74) is 3.51. The zero-order valence-corrected chi connectivity index (χ0v) is 28.3. The highest BCUT2D eigenvalue weighted by Crippen LogP contribution is 2.37. The van der Waals surface area contributed by atoms with Gasteiger partial charge in [0.15, 0.2) is 9.84 Å². The van der Waals surface area contributed by atoms with Crippen molar-refractivity contribution < 1.29 is 17.9 Å². The molecule has 1 atom stereocenters. The largest absolute Gasteiger partial charge is 0.379 e. The van der Waals surface area contributed by atoms with Crippen molar-refractivity contribution in [1.29, 1.82) is 0 Å². The molecule has 0 bridgehead atoms. The molecular formula is C35H38Cl2N4O4S. The van der Waals surface area contributed by atoms with E-state index in [1.54, 1.807) is 24.3 Å². The van der Waals surface area contributed by atoms with Crippen LogP contribution >= 0.6 is 23.2 Å². The summed E-state index contributed by atoms with van der Waals surface area (Å²) in [4.78, 5) is 24.4. The fraction of sp³-hybridized carbons (Fsp3) is 0.371. The number of sulfone groups is 1. The van der Waals surface area contributed by atoms with Crippen LogP contribution in [0.25, 0.3) is 22.2 Å². The molecule has 3 aromatic carbocycles. The molecule has 11 heteroatoms. The van der Waals surface area contributed by atoms with Crippen molar-refractivity contribution in [2.24, 2.45) is 0 Å². The topological polar surface area (TPSA) is 91.8 Å². The summed E-state index contributed by atoms with van der Waals surface area (Å²) in [6.07, 6.45) is 3.17. The normalized spacial score (nSPS) is 17.7. The van der Waals surface area contributed by atoms with Crippen LogP contribution in [0, 0.1) is 0 Å². The van der Waals surface area contributed by atoms with Crippen LogP contribution in [0.1, 0.15) is 47.3 Å². The SMILES string of the molecule is C[C@H](NC(=O)c1c(CN2CCC(N3CCOCC3)CC2)c(-c2ccc(Cl)c(Cl)c2)nc2c(S(C)(=O)=O)cccc12)c1ccccc1. The molecule has 1 aromatic heterocycles. The zero-order valence-electron chi connectivity index (χ0n) is 26.0. The number of piperidine rings is 1. The van der Waals surface area contributed by atoms with Crippen LogP contribution in [0.15, 0.2) is 71.6 Å². The Morgan fingerprint density at radius 2 is 1.70 bits per heavy atom. The van der Waals surface area contributed by atoms with Crippen LogP contribution in [0.2, 0.25) is 10.0 Å². The lowest BCUT2D eigenvalue weighted by molar-refractivity contribution is 0.000225. The molecule has 1 amide bonds. The van der Waals surface area contributed by atoms with Gasteiger partial charge in [-0.15, -0.1) is 0 Å². The molecule has 4 aromatic rings. The number of nitrogens with one attached hydrogen (secondary N) is 1. The van der Waals surface area contributed by atoms with Gasteiger partial charge in [0.2, 0.25) is 0 Å². The van der Waals surface area contributed by atoms with Gasteiger partial charge in [-0.2, -0.15) is 0 Å². The van der Waals surface area contributed by atoms with Gasteiger partial charge in [0, 0.05) is 48.4 Å². The van der Waals surface area contributed by atoms with E-state index in [1.807, 2.05) is 43.3 Å². The van der Waals surface area contributed by atoms with E-state index in [0.29, 0.717) is 44.8 Å². The van der Waals surface area contributed by atoms with E-state index in [1.165, 1.54) is 6.07 Å². The van der Waals surface area contributed by atoms with Crippen molar-refractivity contribution in [3.8, 4) is 11.3 Å². The highest BCUT2D eigenvalue weighted by molar-refractivity contribution is 7.91. The molecule has 46 heavy (non-hydrogen) atoms.